The first kappa shape index (κ1) is 25.3. The third kappa shape index (κ3) is 3.90. The van der Waals surface area contributed by atoms with Gasteiger partial charge in [0.15, 0.2) is 28.0 Å². The molecule has 3 aromatic carbocycles. The molecule has 0 spiro atoms. The highest BCUT2D eigenvalue weighted by Crippen LogP contribution is 2.45. The summed E-state index contributed by atoms with van der Waals surface area (Å²) in [4.78, 5) is 44.2. The van der Waals surface area contributed by atoms with E-state index in [9.17, 15) is 24.8 Å². The molecule has 11 heteroatoms. The number of aliphatic hydroxyl groups is 1. The summed E-state index contributed by atoms with van der Waals surface area (Å²) in [5, 5.41) is 23.3. The van der Waals surface area contributed by atoms with Crippen molar-refractivity contribution in [2.45, 2.75) is 19.9 Å². The zero-order valence-electron chi connectivity index (χ0n) is 21.5. The second kappa shape index (κ2) is 9.31. The number of aliphatic hydroxyl groups excluding tert-OH is 1. The number of thiazole rings is 1. The lowest BCUT2D eigenvalue weighted by atomic mass is 9.95. The molecule has 3 heterocycles. The summed E-state index contributed by atoms with van der Waals surface area (Å²) in [6.45, 7) is 3.87. The van der Waals surface area contributed by atoms with E-state index in [0.29, 0.717) is 27.8 Å². The quantitative estimate of drug-likeness (QED) is 0.145. The number of amides is 1. The molecule has 0 radical (unpaired) electrons. The van der Waals surface area contributed by atoms with Gasteiger partial charge in [0.25, 0.3) is 11.6 Å². The van der Waals surface area contributed by atoms with Crippen LogP contribution in [0, 0.1) is 24.0 Å². The van der Waals surface area contributed by atoms with Crippen molar-refractivity contribution in [3.05, 3.63) is 105 Å². The number of furan rings is 1. The lowest BCUT2D eigenvalue weighted by molar-refractivity contribution is -0.384. The maximum atomic E-state index is 13.9. The van der Waals surface area contributed by atoms with Crippen molar-refractivity contribution in [1.29, 1.82) is 0 Å². The number of aryl methyl sites for hydroxylation is 2. The number of carbonyl (C=O) groups excluding carboxylic acids is 2. The van der Waals surface area contributed by atoms with Crippen LogP contribution in [0.5, 0.6) is 5.75 Å². The fraction of sp³-hybridized carbons (Fsp3) is 0.138. The number of hydrogen-bond acceptors (Lipinski definition) is 9. The van der Waals surface area contributed by atoms with Gasteiger partial charge in [-0.2, -0.15) is 0 Å². The van der Waals surface area contributed by atoms with Gasteiger partial charge in [-0.05, 0) is 60.9 Å². The number of hydrogen-bond donors (Lipinski definition) is 1. The van der Waals surface area contributed by atoms with E-state index >= 15 is 0 Å². The molecule has 10 nitrogen and oxygen atoms in total. The fourth-order valence-electron chi connectivity index (χ4n) is 5.03. The molecule has 200 valence electrons. The number of fused-ring (bicyclic) bond motifs is 2. The summed E-state index contributed by atoms with van der Waals surface area (Å²) in [6, 6.07) is 15.0. The molecule has 0 saturated heterocycles. The van der Waals surface area contributed by atoms with Crippen molar-refractivity contribution in [1.82, 2.24) is 4.98 Å². The first-order chi connectivity index (χ1) is 19.2. The standard InChI is InChI=1S/C29H21N3O7S/c1-14-11-15(2)23-21(12-14)40-29(30-23)31-24(16-7-9-18(10-8-16)32(36)37)22(26(34)28(31)35)25(33)20-13-17-5-4-6-19(38-3)27(17)39-20/h4-13,24,34H,1-3H3. The molecule has 5 aromatic rings. The van der Waals surface area contributed by atoms with Gasteiger partial charge >= 0.3 is 0 Å². The van der Waals surface area contributed by atoms with Gasteiger partial charge in [-0.1, -0.05) is 29.5 Å². The summed E-state index contributed by atoms with van der Waals surface area (Å²) in [7, 11) is 1.48. The molecule has 6 rings (SSSR count). The molecule has 0 saturated carbocycles. The highest BCUT2D eigenvalue weighted by Gasteiger charge is 2.46. The minimum atomic E-state index is -1.11. The van der Waals surface area contributed by atoms with Gasteiger partial charge in [-0.3, -0.25) is 24.6 Å². The van der Waals surface area contributed by atoms with E-state index in [-0.39, 0.29) is 22.2 Å². The fourth-order valence-corrected chi connectivity index (χ4v) is 6.20. The number of nitro groups is 1. The predicted octanol–water partition coefficient (Wildman–Crippen LogP) is 6.36. The number of carbonyl (C=O) groups is 2. The minimum Gasteiger partial charge on any atom is -0.503 e. The van der Waals surface area contributed by atoms with Crippen LogP contribution < -0.4 is 9.64 Å². The van der Waals surface area contributed by atoms with E-state index in [2.05, 4.69) is 0 Å². The maximum Gasteiger partial charge on any atom is 0.296 e. The lowest BCUT2D eigenvalue weighted by Crippen LogP contribution is -2.31. The Balaban J connectivity index is 1.52. The van der Waals surface area contributed by atoms with Crippen LogP contribution in [-0.4, -0.2) is 33.8 Å². The molecule has 2 aromatic heterocycles. The second-order valence-electron chi connectivity index (χ2n) is 9.43. The number of rotatable bonds is 6. The van der Waals surface area contributed by atoms with Crippen molar-refractivity contribution < 1.29 is 28.8 Å². The monoisotopic (exact) mass is 555 g/mol. The number of nitro benzene ring substituents is 1. The number of ketones is 1. The maximum absolute atomic E-state index is 13.9. The zero-order chi connectivity index (χ0) is 28.3. The Morgan fingerprint density at radius 1 is 1.15 bits per heavy atom. The summed E-state index contributed by atoms with van der Waals surface area (Å²) < 4.78 is 12.0. The number of Topliss-reactive ketones (excluding diaryl/α,β-unsaturated/α-hetero) is 1. The van der Waals surface area contributed by atoms with Gasteiger partial charge in [0.05, 0.1) is 33.9 Å². The minimum absolute atomic E-state index is 0.0987. The zero-order valence-corrected chi connectivity index (χ0v) is 22.3. The number of benzene rings is 3. The number of anilines is 1. The van der Waals surface area contributed by atoms with Crippen LogP contribution in [0.25, 0.3) is 21.2 Å². The van der Waals surface area contributed by atoms with Crippen molar-refractivity contribution >= 4 is 55.0 Å². The predicted molar refractivity (Wildman–Crippen MR) is 149 cm³/mol. The topological polar surface area (TPSA) is 136 Å². The average Bonchev–Trinajstić information content (AvgIpc) is 3.62. The molecule has 0 aliphatic carbocycles. The number of ether oxygens (including phenoxy) is 1. The smallest absolute Gasteiger partial charge is 0.296 e. The third-order valence-corrected chi connectivity index (χ3v) is 7.85. The molecule has 1 aliphatic heterocycles. The molecular weight excluding hydrogens is 534 g/mol. The normalized spacial score (nSPS) is 15.4. The first-order valence-electron chi connectivity index (χ1n) is 12.2. The molecule has 1 N–H and O–H groups in total. The Hall–Kier alpha value is -5.03. The van der Waals surface area contributed by atoms with Crippen LogP contribution in [0.15, 0.2) is 76.4 Å². The summed E-state index contributed by atoms with van der Waals surface area (Å²) >= 11 is 1.25. The van der Waals surface area contributed by atoms with Gasteiger partial charge in [-0.25, -0.2) is 4.98 Å². The van der Waals surface area contributed by atoms with E-state index in [1.165, 1.54) is 53.7 Å². The van der Waals surface area contributed by atoms with Crippen LogP contribution in [-0.2, 0) is 4.79 Å². The van der Waals surface area contributed by atoms with Gasteiger partial charge in [0.1, 0.15) is 0 Å². The Morgan fingerprint density at radius 2 is 1.90 bits per heavy atom. The van der Waals surface area contributed by atoms with E-state index in [1.54, 1.807) is 18.2 Å². The molecule has 1 atom stereocenters. The van der Waals surface area contributed by atoms with Gasteiger partial charge in [-0.15, -0.1) is 0 Å². The SMILES string of the molecule is COc1cccc2cc(C(=O)C3=C(O)C(=O)N(c4nc5c(C)cc(C)cc5s4)C3c3ccc([N+](=O)[O-])cc3)oc12. The summed E-state index contributed by atoms with van der Waals surface area (Å²) in [5.74, 6) is -1.94. The highest BCUT2D eigenvalue weighted by atomic mass is 32.1. The number of nitrogens with zero attached hydrogens (tertiary/aromatic N) is 3. The van der Waals surface area contributed by atoms with Crippen molar-refractivity contribution in [3.8, 4) is 5.75 Å². The van der Waals surface area contributed by atoms with E-state index < -0.39 is 28.4 Å². The Morgan fingerprint density at radius 3 is 2.60 bits per heavy atom. The van der Waals surface area contributed by atoms with Crippen LogP contribution >= 0.6 is 11.3 Å². The van der Waals surface area contributed by atoms with Crippen molar-refractivity contribution in [3.63, 3.8) is 0 Å². The highest BCUT2D eigenvalue weighted by molar-refractivity contribution is 7.22. The van der Waals surface area contributed by atoms with Crippen molar-refractivity contribution in [2.75, 3.05) is 12.0 Å². The average molecular weight is 556 g/mol. The van der Waals surface area contributed by atoms with E-state index in [0.717, 1.165) is 15.8 Å². The summed E-state index contributed by atoms with van der Waals surface area (Å²) in [6.07, 6.45) is 0. The molecule has 1 unspecified atom stereocenters. The second-order valence-corrected chi connectivity index (χ2v) is 10.4. The van der Waals surface area contributed by atoms with Gasteiger partial charge in [0.2, 0.25) is 5.78 Å². The number of methoxy groups -OCH3 is 1. The van der Waals surface area contributed by atoms with Gasteiger partial charge in [0, 0.05) is 17.5 Å². The van der Waals surface area contributed by atoms with Gasteiger partial charge < -0.3 is 14.3 Å². The molecule has 0 bridgehead atoms. The Labute approximate surface area is 230 Å². The van der Waals surface area contributed by atoms with Crippen LogP contribution in [0.3, 0.4) is 0 Å². The molecular formula is C29H21N3O7S. The van der Waals surface area contributed by atoms with Crippen LogP contribution in [0.4, 0.5) is 10.8 Å². The lowest BCUT2D eigenvalue weighted by Gasteiger charge is -2.24. The van der Waals surface area contributed by atoms with Crippen molar-refractivity contribution in [2.24, 2.45) is 0 Å². The molecule has 40 heavy (non-hydrogen) atoms. The van der Waals surface area contributed by atoms with E-state index in [4.69, 9.17) is 14.1 Å². The molecule has 1 aliphatic rings. The van der Waals surface area contributed by atoms with Crippen LogP contribution in [0.2, 0.25) is 0 Å². The molecule has 1 amide bonds. The Kier molecular flexibility index (Phi) is 5.88. The van der Waals surface area contributed by atoms with E-state index in [1.807, 2.05) is 26.0 Å². The molecule has 0 fully saturated rings. The first-order valence-corrected chi connectivity index (χ1v) is 13.0. The summed E-state index contributed by atoms with van der Waals surface area (Å²) in [5.41, 5.74) is 2.99. The number of para-hydroxylation sites is 1. The number of aromatic nitrogens is 1. The van der Waals surface area contributed by atoms with Crippen LogP contribution in [0.1, 0.15) is 33.3 Å². The number of non-ortho nitro benzene ring substituents is 1. The largest absolute Gasteiger partial charge is 0.503 e. The third-order valence-electron chi connectivity index (χ3n) is 6.85. The Bertz CT molecular complexity index is 1900.